The highest BCUT2D eigenvalue weighted by atomic mass is 16.6. The maximum absolute atomic E-state index is 10.4. The van der Waals surface area contributed by atoms with Crippen molar-refractivity contribution in [3.05, 3.63) is 50.4 Å². The van der Waals surface area contributed by atoms with Crippen LogP contribution in [0.2, 0.25) is 0 Å². The SMILES string of the molecule is [N-]=[N+]=NCC(O)c1cccc([N+](=O)[O-])c1. The lowest BCUT2D eigenvalue weighted by atomic mass is 10.1. The number of nitrogens with zero attached hydrogens (tertiary/aromatic N) is 4. The molecule has 7 heteroatoms. The van der Waals surface area contributed by atoms with Crippen LogP contribution in [0.5, 0.6) is 0 Å². The Balaban J connectivity index is 2.89. The molecule has 0 saturated heterocycles. The zero-order valence-corrected chi connectivity index (χ0v) is 7.65. The zero-order chi connectivity index (χ0) is 11.3. The van der Waals surface area contributed by atoms with Crippen LogP contribution in [0.15, 0.2) is 29.4 Å². The molecule has 0 bridgehead atoms. The fourth-order valence-electron chi connectivity index (χ4n) is 1.06. The topological polar surface area (TPSA) is 112 Å². The second-order valence-electron chi connectivity index (χ2n) is 2.78. The highest BCUT2D eigenvalue weighted by Gasteiger charge is 2.11. The molecule has 0 aromatic heterocycles. The predicted octanol–water partition coefficient (Wildman–Crippen LogP) is 1.94. The highest BCUT2D eigenvalue weighted by molar-refractivity contribution is 5.35. The van der Waals surface area contributed by atoms with E-state index in [1.54, 1.807) is 0 Å². The maximum atomic E-state index is 10.4. The van der Waals surface area contributed by atoms with Gasteiger partial charge in [0.2, 0.25) is 0 Å². The van der Waals surface area contributed by atoms with Gasteiger partial charge in [-0.2, -0.15) is 0 Å². The molecule has 1 aromatic carbocycles. The summed E-state index contributed by atoms with van der Waals surface area (Å²) in [5.41, 5.74) is 8.30. The van der Waals surface area contributed by atoms with E-state index in [2.05, 4.69) is 10.0 Å². The third-order valence-electron chi connectivity index (χ3n) is 1.78. The van der Waals surface area contributed by atoms with E-state index in [0.29, 0.717) is 5.56 Å². The van der Waals surface area contributed by atoms with Gasteiger partial charge in [0.05, 0.1) is 17.6 Å². The van der Waals surface area contributed by atoms with Crippen LogP contribution in [-0.2, 0) is 0 Å². The van der Waals surface area contributed by atoms with Crippen molar-refractivity contribution in [1.82, 2.24) is 0 Å². The van der Waals surface area contributed by atoms with Crippen LogP contribution in [0.25, 0.3) is 10.4 Å². The van der Waals surface area contributed by atoms with Gasteiger partial charge in [0.25, 0.3) is 5.69 Å². The zero-order valence-electron chi connectivity index (χ0n) is 7.65. The van der Waals surface area contributed by atoms with E-state index in [4.69, 9.17) is 5.53 Å². The number of aliphatic hydroxyl groups excluding tert-OH is 1. The summed E-state index contributed by atoms with van der Waals surface area (Å²) in [5, 5.41) is 23.1. The lowest BCUT2D eigenvalue weighted by molar-refractivity contribution is -0.385. The minimum atomic E-state index is -1.01. The summed E-state index contributed by atoms with van der Waals surface area (Å²) >= 11 is 0. The number of nitro benzene ring substituents is 1. The lowest BCUT2D eigenvalue weighted by Gasteiger charge is -2.06. The van der Waals surface area contributed by atoms with E-state index >= 15 is 0 Å². The number of non-ortho nitro benzene ring substituents is 1. The van der Waals surface area contributed by atoms with E-state index in [1.165, 1.54) is 24.3 Å². The molecule has 1 aromatic rings. The second kappa shape index (κ2) is 4.94. The summed E-state index contributed by atoms with van der Waals surface area (Å²) in [6, 6.07) is 5.57. The Morgan fingerprint density at radius 2 is 2.40 bits per heavy atom. The van der Waals surface area contributed by atoms with Crippen LogP contribution >= 0.6 is 0 Å². The van der Waals surface area contributed by atoms with Crippen LogP contribution in [0.4, 0.5) is 5.69 Å². The molecule has 0 heterocycles. The van der Waals surface area contributed by atoms with Gasteiger partial charge in [0.15, 0.2) is 0 Å². The quantitative estimate of drug-likeness (QED) is 0.268. The Kier molecular flexibility index (Phi) is 3.61. The molecular weight excluding hydrogens is 200 g/mol. The summed E-state index contributed by atoms with van der Waals surface area (Å²) in [5.74, 6) is 0. The van der Waals surface area contributed by atoms with Gasteiger partial charge >= 0.3 is 0 Å². The Morgan fingerprint density at radius 3 is 3.00 bits per heavy atom. The third-order valence-corrected chi connectivity index (χ3v) is 1.78. The Labute approximate surface area is 84.7 Å². The van der Waals surface area contributed by atoms with Crippen LogP contribution in [-0.4, -0.2) is 16.6 Å². The first-order valence-corrected chi connectivity index (χ1v) is 4.08. The first kappa shape index (κ1) is 11.0. The number of azide groups is 1. The number of rotatable bonds is 4. The van der Waals surface area contributed by atoms with Gasteiger partial charge in [-0.1, -0.05) is 17.2 Å². The van der Waals surface area contributed by atoms with Crippen LogP contribution < -0.4 is 0 Å². The van der Waals surface area contributed by atoms with Crippen molar-refractivity contribution in [1.29, 1.82) is 0 Å². The van der Waals surface area contributed by atoms with Crippen LogP contribution in [0.1, 0.15) is 11.7 Å². The molecule has 0 aliphatic heterocycles. The van der Waals surface area contributed by atoms with Crippen LogP contribution in [0, 0.1) is 10.1 Å². The third kappa shape index (κ3) is 2.94. The molecule has 0 aliphatic rings. The lowest BCUT2D eigenvalue weighted by Crippen LogP contribution is -2.01. The molecule has 0 amide bonds. The van der Waals surface area contributed by atoms with Crippen molar-refractivity contribution >= 4 is 5.69 Å². The fraction of sp³-hybridized carbons (Fsp3) is 0.250. The number of benzene rings is 1. The Bertz CT molecular complexity index is 414. The molecule has 0 fully saturated rings. The molecule has 1 rings (SSSR count). The van der Waals surface area contributed by atoms with Crippen molar-refractivity contribution in [2.45, 2.75) is 6.10 Å². The van der Waals surface area contributed by atoms with Gasteiger partial charge in [0, 0.05) is 17.0 Å². The van der Waals surface area contributed by atoms with Gasteiger partial charge in [-0.3, -0.25) is 10.1 Å². The van der Waals surface area contributed by atoms with Gasteiger partial charge < -0.3 is 5.11 Å². The summed E-state index contributed by atoms with van der Waals surface area (Å²) in [6.45, 7) is -0.141. The molecule has 1 unspecified atom stereocenters. The standard InChI is InChI=1S/C8H8N4O3/c9-11-10-5-8(13)6-2-1-3-7(4-6)12(14)15/h1-4,8,13H,5H2. The van der Waals surface area contributed by atoms with Gasteiger partial charge in [-0.15, -0.1) is 0 Å². The van der Waals surface area contributed by atoms with E-state index in [-0.39, 0.29) is 12.2 Å². The molecule has 7 nitrogen and oxygen atoms in total. The normalized spacial score (nSPS) is 11.5. The minimum absolute atomic E-state index is 0.104. The molecule has 15 heavy (non-hydrogen) atoms. The molecule has 78 valence electrons. The largest absolute Gasteiger partial charge is 0.388 e. The van der Waals surface area contributed by atoms with E-state index in [1.807, 2.05) is 0 Å². The smallest absolute Gasteiger partial charge is 0.269 e. The first-order valence-electron chi connectivity index (χ1n) is 4.08. The summed E-state index contributed by atoms with van der Waals surface area (Å²) in [7, 11) is 0. The summed E-state index contributed by atoms with van der Waals surface area (Å²) in [6.07, 6.45) is -1.01. The second-order valence-corrected chi connectivity index (χ2v) is 2.78. The maximum Gasteiger partial charge on any atom is 0.269 e. The number of hydrogen-bond donors (Lipinski definition) is 1. The summed E-state index contributed by atoms with van der Waals surface area (Å²) < 4.78 is 0. The van der Waals surface area contributed by atoms with Crippen molar-refractivity contribution in [3.8, 4) is 0 Å². The first-order chi connectivity index (χ1) is 7.15. The van der Waals surface area contributed by atoms with Crippen molar-refractivity contribution < 1.29 is 10.0 Å². The van der Waals surface area contributed by atoms with E-state index < -0.39 is 11.0 Å². The summed E-state index contributed by atoms with van der Waals surface area (Å²) in [4.78, 5) is 12.4. The monoisotopic (exact) mass is 208 g/mol. The number of nitro groups is 1. The van der Waals surface area contributed by atoms with Crippen molar-refractivity contribution in [3.63, 3.8) is 0 Å². The van der Waals surface area contributed by atoms with Crippen molar-refractivity contribution in [2.75, 3.05) is 6.54 Å². The Morgan fingerprint density at radius 1 is 1.67 bits per heavy atom. The van der Waals surface area contributed by atoms with Gasteiger partial charge in [0.1, 0.15) is 0 Å². The van der Waals surface area contributed by atoms with Gasteiger partial charge in [-0.25, -0.2) is 0 Å². The molecular formula is C8H8N4O3. The molecule has 0 radical (unpaired) electrons. The molecule has 1 N–H and O–H groups in total. The highest BCUT2D eigenvalue weighted by Crippen LogP contribution is 2.19. The predicted molar refractivity (Wildman–Crippen MR) is 52.1 cm³/mol. The fourth-order valence-corrected chi connectivity index (χ4v) is 1.06. The number of aliphatic hydroxyl groups is 1. The number of hydrogen-bond acceptors (Lipinski definition) is 4. The van der Waals surface area contributed by atoms with Gasteiger partial charge in [-0.05, 0) is 11.1 Å². The average molecular weight is 208 g/mol. The van der Waals surface area contributed by atoms with Crippen molar-refractivity contribution in [2.24, 2.45) is 5.11 Å². The molecule has 0 spiro atoms. The molecule has 0 saturated carbocycles. The Hall–Kier alpha value is -2.11. The molecule has 0 aliphatic carbocycles. The average Bonchev–Trinajstić information content (AvgIpc) is 2.26. The van der Waals surface area contributed by atoms with E-state index in [0.717, 1.165) is 0 Å². The minimum Gasteiger partial charge on any atom is -0.388 e. The van der Waals surface area contributed by atoms with E-state index in [9.17, 15) is 15.2 Å². The molecule has 1 atom stereocenters. The van der Waals surface area contributed by atoms with Crippen LogP contribution in [0.3, 0.4) is 0 Å².